The third-order valence-electron chi connectivity index (χ3n) is 2.25. The summed E-state index contributed by atoms with van der Waals surface area (Å²) in [7, 11) is -3.76. The molecule has 0 fully saturated rings. The second-order valence-electron chi connectivity index (χ2n) is 3.95. The van der Waals surface area contributed by atoms with Crippen LogP contribution in [0.15, 0.2) is 24.3 Å². The lowest BCUT2D eigenvalue weighted by Gasteiger charge is -2.08. The fourth-order valence-electron chi connectivity index (χ4n) is 1.38. The number of carboxylic acid groups (broad SMARTS) is 1. The number of carboxylic acids is 1. The summed E-state index contributed by atoms with van der Waals surface area (Å²) in [4.78, 5) is 10.6. The zero-order chi connectivity index (χ0) is 16.1. The number of thioether (sulfide) groups is 1. The van der Waals surface area contributed by atoms with Gasteiger partial charge in [0.25, 0.3) is 0 Å². The van der Waals surface area contributed by atoms with Gasteiger partial charge in [-0.3, -0.25) is 0 Å². The van der Waals surface area contributed by atoms with Crippen LogP contribution in [-0.4, -0.2) is 37.3 Å². The van der Waals surface area contributed by atoms with Crippen LogP contribution < -0.4 is 4.72 Å². The molecule has 5 nitrogen and oxygen atoms in total. The van der Waals surface area contributed by atoms with Gasteiger partial charge in [0.1, 0.15) is 0 Å². The zero-order valence-electron chi connectivity index (χ0n) is 10.6. The Hall–Kier alpha value is -1.26. The first kappa shape index (κ1) is 17.8. The molecule has 0 aliphatic heterocycles. The average molecular weight is 343 g/mol. The second-order valence-corrected chi connectivity index (χ2v) is 6.92. The van der Waals surface area contributed by atoms with Crippen molar-refractivity contribution in [2.24, 2.45) is 0 Å². The highest BCUT2D eigenvalue weighted by molar-refractivity contribution is 8.00. The number of hydrogen-bond acceptors (Lipinski definition) is 4. The number of alkyl halides is 3. The molecule has 1 aromatic carbocycles. The molecule has 2 N–H and O–H groups in total. The molecular formula is C11H12F3NO4S2. The number of rotatable bonds is 7. The highest BCUT2D eigenvalue weighted by Crippen LogP contribution is 2.29. The van der Waals surface area contributed by atoms with E-state index in [9.17, 15) is 26.4 Å². The highest BCUT2D eigenvalue weighted by Gasteiger charge is 2.27. The van der Waals surface area contributed by atoms with Gasteiger partial charge in [0.05, 0.1) is 11.3 Å². The molecule has 118 valence electrons. The molecule has 0 aliphatic carbocycles. The first-order chi connectivity index (χ1) is 9.59. The average Bonchev–Trinajstić information content (AvgIpc) is 2.34. The summed E-state index contributed by atoms with van der Waals surface area (Å²) in [5, 5.41) is 8.69. The normalized spacial score (nSPS) is 12.3. The van der Waals surface area contributed by atoms with Crippen molar-refractivity contribution in [3.8, 4) is 0 Å². The minimum absolute atomic E-state index is 0.0192. The molecule has 0 spiro atoms. The fraction of sp³-hybridized carbons (Fsp3) is 0.364. The molecule has 0 heterocycles. The van der Waals surface area contributed by atoms with Crippen LogP contribution in [0.1, 0.15) is 15.9 Å². The molecule has 1 rings (SSSR count). The van der Waals surface area contributed by atoms with Crippen molar-refractivity contribution in [1.82, 2.24) is 4.72 Å². The van der Waals surface area contributed by atoms with Gasteiger partial charge in [-0.2, -0.15) is 13.2 Å². The lowest BCUT2D eigenvalue weighted by atomic mass is 10.1. The lowest BCUT2D eigenvalue weighted by Crippen LogP contribution is -2.28. The predicted molar refractivity (Wildman–Crippen MR) is 72.5 cm³/mol. The zero-order valence-corrected chi connectivity index (χ0v) is 12.2. The van der Waals surface area contributed by atoms with Gasteiger partial charge in [-0.05, 0) is 29.5 Å². The Bertz CT molecular complexity index is 584. The maximum absolute atomic E-state index is 11.9. The minimum atomic E-state index is -4.39. The topological polar surface area (TPSA) is 83.5 Å². The van der Waals surface area contributed by atoms with Crippen molar-refractivity contribution in [3.63, 3.8) is 0 Å². The van der Waals surface area contributed by atoms with Crippen LogP contribution in [0.25, 0.3) is 0 Å². The predicted octanol–water partition coefficient (Wildman–Crippen LogP) is 2.06. The van der Waals surface area contributed by atoms with Crippen LogP contribution in [0.2, 0.25) is 0 Å². The van der Waals surface area contributed by atoms with E-state index in [1.165, 1.54) is 24.3 Å². The van der Waals surface area contributed by atoms with Gasteiger partial charge in [-0.15, -0.1) is 0 Å². The number of benzene rings is 1. The summed E-state index contributed by atoms with van der Waals surface area (Å²) in [5.74, 6) is -1.98. The van der Waals surface area contributed by atoms with Crippen LogP contribution >= 0.6 is 11.8 Å². The summed E-state index contributed by atoms with van der Waals surface area (Å²) in [6, 6.07) is 5.19. The molecule has 0 aromatic heterocycles. The molecule has 0 bridgehead atoms. The van der Waals surface area contributed by atoms with Crippen LogP contribution in [-0.2, 0) is 15.8 Å². The molecule has 0 amide bonds. The maximum atomic E-state index is 11.9. The first-order valence-electron chi connectivity index (χ1n) is 5.59. The largest absolute Gasteiger partial charge is 0.478 e. The molecule has 0 unspecified atom stereocenters. The van der Waals surface area contributed by atoms with Crippen molar-refractivity contribution >= 4 is 27.8 Å². The van der Waals surface area contributed by atoms with Crippen molar-refractivity contribution < 1.29 is 31.5 Å². The van der Waals surface area contributed by atoms with Crippen LogP contribution in [0, 0.1) is 0 Å². The minimum Gasteiger partial charge on any atom is -0.478 e. The van der Waals surface area contributed by atoms with Crippen molar-refractivity contribution in [1.29, 1.82) is 0 Å². The highest BCUT2D eigenvalue weighted by atomic mass is 32.2. The quantitative estimate of drug-likeness (QED) is 0.741. The Kier molecular flexibility index (Phi) is 6.05. The van der Waals surface area contributed by atoms with E-state index >= 15 is 0 Å². The number of halogens is 3. The van der Waals surface area contributed by atoms with Crippen molar-refractivity contribution in [3.05, 3.63) is 35.4 Å². The number of sulfonamides is 1. The van der Waals surface area contributed by atoms with Crippen molar-refractivity contribution in [2.45, 2.75) is 11.3 Å². The number of nitrogens with one attached hydrogen (secondary N) is 1. The van der Waals surface area contributed by atoms with E-state index < -0.39 is 33.0 Å². The van der Waals surface area contributed by atoms with E-state index in [2.05, 4.69) is 4.72 Å². The SMILES string of the molecule is O=C(O)c1ccc(CS(=O)(=O)NCCSC(F)(F)F)cc1. The van der Waals surface area contributed by atoms with E-state index in [1.807, 2.05) is 0 Å². The third-order valence-corrected chi connectivity index (χ3v) is 4.34. The van der Waals surface area contributed by atoms with Crippen LogP contribution in [0.5, 0.6) is 0 Å². The van der Waals surface area contributed by atoms with E-state index in [4.69, 9.17) is 5.11 Å². The number of carbonyl (C=O) groups is 1. The van der Waals surface area contributed by atoms with Gasteiger partial charge in [0, 0.05) is 12.3 Å². The Morgan fingerprint density at radius 1 is 1.24 bits per heavy atom. The summed E-state index contributed by atoms with van der Waals surface area (Å²) < 4.78 is 60.9. The molecular weight excluding hydrogens is 331 g/mol. The Morgan fingerprint density at radius 3 is 2.29 bits per heavy atom. The van der Waals surface area contributed by atoms with Gasteiger partial charge >= 0.3 is 11.5 Å². The molecule has 0 saturated heterocycles. The molecule has 0 saturated carbocycles. The van der Waals surface area contributed by atoms with Crippen LogP contribution in [0.3, 0.4) is 0 Å². The fourth-order valence-corrected chi connectivity index (χ4v) is 3.09. The number of hydrogen-bond donors (Lipinski definition) is 2. The monoisotopic (exact) mass is 343 g/mol. The second kappa shape index (κ2) is 7.14. The van der Waals surface area contributed by atoms with Gasteiger partial charge in [0.15, 0.2) is 0 Å². The van der Waals surface area contributed by atoms with Gasteiger partial charge in [-0.1, -0.05) is 12.1 Å². The smallest absolute Gasteiger partial charge is 0.441 e. The summed E-state index contributed by atoms with van der Waals surface area (Å²) in [5.41, 5.74) is -4.03. The maximum Gasteiger partial charge on any atom is 0.441 e. The standard InChI is InChI=1S/C11H12F3NO4S2/c12-11(13,14)20-6-5-15-21(18,19)7-8-1-3-9(4-2-8)10(16)17/h1-4,15H,5-7H2,(H,16,17). The number of aromatic carboxylic acids is 1. The summed E-state index contributed by atoms with van der Waals surface area (Å²) >= 11 is -0.306. The molecule has 1 aromatic rings. The summed E-state index contributed by atoms with van der Waals surface area (Å²) in [6.07, 6.45) is 0. The lowest BCUT2D eigenvalue weighted by molar-refractivity contribution is -0.0327. The van der Waals surface area contributed by atoms with Gasteiger partial charge in [-0.25, -0.2) is 17.9 Å². The van der Waals surface area contributed by atoms with E-state index in [1.54, 1.807) is 0 Å². The Balaban J connectivity index is 2.50. The molecule has 0 aliphatic rings. The van der Waals surface area contributed by atoms with E-state index in [0.29, 0.717) is 5.56 Å². The molecule has 21 heavy (non-hydrogen) atoms. The molecule has 10 heteroatoms. The Morgan fingerprint density at radius 2 is 1.81 bits per heavy atom. The van der Waals surface area contributed by atoms with E-state index in [0.717, 1.165) is 0 Å². The van der Waals surface area contributed by atoms with Gasteiger partial charge < -0.3 is 5.11 Å². The molecule has 0 atom stereocenters. The van der Waals surface area contributed by atoms with Crippen molar-refractivity contribution in [2.75, 3.05) is 12.3 Å². The van der Waals surface area contributed by atoms with E-state index in [-0.39, 0.29) is 23.9 Å². The molecule has 0 radical (unpaired) electrons. The van der Waals surface area contributed by atoms with Crippen LogP contribution in [0.4, 0.5) is 13.2 Å². The Labute approximate surface area is 123 Å². The van der Waals surface area contributed by atoms with Gasteiger partial charge in [0.2, 0.25) is 10.0 Å². The summed E-state index contributed by atoms with van der Waals surface area (Å²) in [6.45, 7) is -0.334. The first-order valence-corrected chi connectivity index (χ1v) is 8.23. The third kappa shape index (κ3) is 7.34.